The Morgan fingerprint density at radius 3 is 2.80 bits per heavy atom. The van der Waals surface area contributed by atoms with Crippen molar-refractivity contribution in [1.29, 1.82) is 0 Å². The van der Waals surface area contributed by atoms with Crippen LogP contribution in [0.4, 0.5) is 5.69 Å². The van der Waals surface area contributed by atoms with E-state index in [1.807, 2.05) is 30.5 Å². The van der Waals surface area contributed by atoms with Gasteiger partial charge in [-0.15, -0.1) is 11.3 Å². The van der Waals surface area contributed by atoms with Crippen molar-refractivity contribution in [1.82, 2.24) is 4.98 Å². The Balaban J connectivity index is 2.52. The van der Waals surface area contributed by atoms with E-state index in [0.717, 1.165) is 22.0 Å². The normalized spacial score (nSPS) is 10.3. The highest BCUT2D eigenvalue weighted by Crippen LogP contribution is 2.33. The lowest BCUT2D eigenvalue weighted by Gasteiger charge is -2.06. The number of benzene rings is 1. The van der Waals surface area contributed by atoms with E-state index in [1.165, 1.54) is 0 Å². The van der Waals surface area contributed by atoms with Crippen molar-refractivity contribution in [3.63, 3.8) is 0 Å². The number of ether oxygens (including phenoxy) is 1. The first-order valence-electron chi connectivity index (χ1n) is 4.56. The first-order valence-corrected chi connectivity index (χ1v) is 5.44. The third kappa shape index (κ3) is 1.94. The Morgan fingerprint density at radius 2 is 2.20 bits per heavy atom. The van der Waals surface area contributed by atoms with Gasteiger partial charge in [0, 0.05) is 22.8 Å². The molecule has 2 N–H and O–H groups in total. The largest absolute Gasteiger partial charge is 0.496 e. The Bertz CT molecular complexity index is 479. The number of hydrogen-bond acceptors (Lipinski definition) is 4. The molecule has 0 amide bonds. The number of hydrogen-bond donors (Lipinski definition) is 1. The number of nitrogen functional groups attached to an aromatic ring is 1. The highest BCUT2D eigenvalue weighted by atomic mass is 32.1. The van der Waals surface area contributed by atoms with E-state index in [1.54, 1.807) is 18.4 Å². The van der Waals surface area contributed by atoms with E-state index >= 15 is 0 Å². The molecule has 0 aliphatic carbocycles. The van der Waals surface area contributed by atoms with E-state index < -0.39 is 0 Å². The molecule has 3 nitrogen and oxygen atoms in total. The summed E-state index contributed by atoms with van der Waals surface area (Å²) in [5, 5.41) is 2.98. The van der Waals surface area contributed by atoms with Crippen LogP contribution in [0.3, 0.4) is 0 Å². The highest BCUT2D eigenvalue weighted by Gasteiger charge is 2.09. The fourth-order valence-electron chi connectivity index (χ4n) is 1.36. The molecule has 0 atom stereocenters. The predicted octanol–water partition coefficient (Wildman–Crippen LogP) is 2.71. The molecule has 2 aromatic rings. The molecule has 4 heteroatoms. The number of nitrogens with two attached hydrogens (primary N) is 1. The molecular formula is C11H12N2OS. The Hall–Kier alpha value is -1.55. The minimum atomic E-state index is 0.698. The molecule has 0 radical (unpaired) electrons. The van der Waals surface area contributed by atoms with Crippen molar-refractivity contribution in [3.8, 4) is 16.3 Å². The number of methoxy groups -OCH3 is 1. The number of anilines is 1. The van der Waals surface area contributed by atoms with Crippen LogP contribution in [0.2, 0.25) is 0 Å². The van der Waals surface area contributed by atoms with Crippen LogP contribution in [0.5, 0.6) is 5.75 Å². The first kappa shape index (κ1) is 9.98. The van der Waals surface area contributed by atoms with Crippen LogP contribution in [0, 0.1) is 6.92 Å². The maximum Gasteiger partial charge on any atom is 0.131 e. The molecule has 0 unspecified atom stereocenters. The van der Waals surface area contributed by atoms with Gasteiger partial charge in [-0.3, -0.25) is 0 Å². The van der Waals surface area contributed by atoms with Crippen LogP contribution in [-0.4, -0.2) is 12.1 Å². The number of rotatable bonds is 2. The molecule has 1 aromatic heterocycles. The average molecular weight is 220 g/mol. The van der Waals surface area contributed by atoms with Gasteiger partial charge in [0.2, 0.25) is 0 Å². The summed E-state index contributed by atoms with van der Waals surface area (Å²) in [6.45, 7) is 1.98. The fraction of sp³-hybridized carbons (Fsp3) is 0.182. The maximum absolute atomic E-state index is 5.69. The molecule has 0 saturated heterocycles. The first-order chi connectivity index (χ1) is 7.20. The average Bonchev–Trinajstić information content (AvgIpc) is 2.64. The zero-order valence-electron chi connectivity index (χ0n) is 8.65. The Labute approximate surface area is 92.5 Å². The summed E-state index contributed by atoms with van der Waals surface area (Å²) in [4.78, 5) is 4.42. The zero-order valence-corrected chi connectivity index (χ0v) is 9.47. The van der Waals surface area contributed by atoms with E-state index in [9.17, 15) is 0 Å². The van der Waals surface area contributed by atoms with Gasteiger partial charge in [-0.2, -0.15) is 0 Å². The Kier molecular flexibility index (Phi) is 2.60. The van der Waals surface area contributed by atoms with E-state index in [4.69, 9.17) is 10.5 Å². The molecule has 0 bridgehead atoms. The van der Waals surface area contributed by atoms with Gasteiger partial charge in [-0.25, -0.2) is 4.98 Å². The summed E-state index contributed by atoms with van der Waals surface area (Å²) >= 11 is 1.61. The highest BCUT2D eigenvalue weighted by molar-refractivity contribution is 7.13. The van der Waals surface area contributed by atoms with Gasteiger partial charge in [0.25, 0.3) is 0 Å². The topological polar surface area (TPSA) is 48.1 Å². The predicted molar refractivity (Wildman–Crippen MR) is 63.3 cm³/mol. The van der Waals surface area contributed by atoms with Crippen LogP contribution >= 0.6 is 11.3 Å². The molecule has 1 aromatic carbocycles. The van der Waals surface area contributed by atoms with Gasteiger partial charge >= 0.3 is 0 Å². The number of aryl methyl sites for hydroxylation is 1. The van der Waals surface area contributed by atoms with Crippen LogP contribution < -0.4 is 10.5 Å². The van der Waals surface area contributed by atoms with Crippen molar-refractivity contribution in [2.24, 2.45) is 0 Å². The van der Waals surface area contributed by atoms with E-state index in [-0.39, 0.29) is 0 Å². The molecule has 0 aliphatic rings. The monoisotopic (exact) mass is 220 g/mol. The summed E-state index contributed by atoms with van der Waals surface area (Å²) in [6.07, 6.45) is 0. The van der Waals surface area contributed by atoms with E-state index in [0.29, 0.717) is 5.69 Å². The van der Waals surface area contributed by atoms with E-state index in [2.05, 4.69) is 4.98 Å². The number of nitrogens with zero attached hydrogens (tertiary/aromatic N) is 1. The second-order valence-electron chi connectivity index (χ2n) is 3.25. The van der Waals surface area contributed by atoms with Gasteiger partial charge in [0.15, 0.2) is 0 Å². The standard InChI is InChI=1S/C11H12N2OS/c1-7-6-15-11(13-7)9-4-3-8(12)5-10(9)14-2/h3-6H,12H2,1-2H3. The SMILES string of the molecule is COc1cc(N)ccc1-c1nc(C)cs1. The molecule has 2 rings (SSSR count). The molecule has 0 fully saturated rings. The second kappa shape index (κ2) is 3.90. The fourth-order valence-corrected chi connectivity index (χ4v) is 2.19. The second-order valence-corrected chi connectivity index (χ2v) is 4.11. The maximum atomic E-state index is 5.69. The van der Waals surface area contributed by atoms with Crippen molar-refractivity contribution < 1.29 is 4.74 Å². The van der Waals surface area contributed by atoms with Gasteiger partial charge in [-0.05, 0) is 19.1 Å². The van der Waals surface area contributed by atoms with Crippen molar-refractivity contribution in [2.45, 2.75) is 6.92 Å². The van der Waals surface area contributed by atoms with Crippen LogP contribution in [0.15, 0.2) is 23.6 Å². The van der Waals surface area contributed by atoms with Crippen LogP contribution in [0.1, 0.15) is 5.69 Å². The molecule has 0 spiro atoms. The molecule has 15 heavy (non-hydrogen) atoms. The smallest absolute Gasteiger partial charge is 0.131 e. The number of aromatic nitrogens is 1. The molecule has 0 saturated carbocycles. The molecule has 0 aliphatic heterocycles. The van der Waals surface area contributed by atoms with Crippen molar-refractivity contribution in [3.05, 3.63) is 29.3 Å². The summed E-state index contributed by atoms with van der Waals surface area (Å²) < 4.78 is 5.28. The minimum Gasteiger partial charge on any atom is -0.496 e. The van der Waals surface area contributed by atoms with Gasteiger partial charge in [-0.1, -0.05) is 0 Å². The van der Waals surface area contributed by atoms with Gasteiger partial charge < -0.3 is 10.5 Å². The van der Waals surface area contributed by atoms with Gasteiger partial charge in [0.05, 0.1) is 12.7 Å². The summed E-state index contributed by atoms with van der Waals surface area (Å²) in [6, 6.07) is 5.60. The quantitative estimate of drug-likeness (QED) is 0.791. The molecule has 78 valence electrons. The lowest BCUT2D eigenvalue weighted by molar-refractivity contribution is 0.416. The lowest BCUT2D eigenvalue weighted by Crippen LogP contribution is -1.91. The lowest BCUT2D eigenvalue weighted by atomic mass is 10.2. The summed E-state index contributed by atoms with van der Waals surface area (Å²) in [7, 11) is 1.64. The third-order valence-electron chi connectivity index (χ3n) is 2.08. The Morgan fingerprint density at radius 1 is 1.40 bits per heavy atom. The minimum absolute atomic E-state index is 0.698. The van der Waals surface area contributed by atoms with Crippen LogP contribution in [0.25, 0.3) is 10.6 Å². The third-order valence-corrected chi connectivity index (χ3v) is 3.07. The van der Waals surface area contributed by atoms with Crippen molar-refractivity contribution in [2.75, 3.05) is 12.8 Å². The summed E-state index contributed by atoms with van der Waals surface area (Å²) in [5.74, 6) is 0.768. The van der Waals surface area contributed by atoms with Crippen molar-refractivity contribution >= 4 is 17.0 Å². The molecular weight excluding hydrogens is 208 g/mol. The van der Waals surface area contributed by atoms with Crippen LogP contribution in [-0.2, 0) is 0 Å². The molecule has 1 heterocycles. The number of thiazole rings is 1. The summed E-state index contributed by atoms with van der Waals surface area (Å²) in [5.41, 5.74) is 8.40. The zero-order chi connectivity index (χ0) is 10.8. The van der Waals surface area contributed by atoms with Gasteiger partial charge in [0.1, 0.15) is 10.8 Å².